The molecule has 0 spiro atoms. The van der Waals surface area contributed by atoms with Crippen LogP contribution in [0.15, 0.2) is 31.1 Å². The highest BCUT2D eigenvalue weighted by atomic mass is 16.1. The maximum atomic E-state index is 11.8. The molecule has 0 fully saturated rings. The minimum atomic E-state index is -0.253. The summed E-state index contributed by atoms with van der Waals surface area (Å²) in [7, 11) is 0. The topological polar surface area (TPSA) is 111 Å². The third kappa shape index (κ3) is 4.02. The maximum Gasteiger partial charge on any atom is 0.271 e. The van der Waals surface area contributed by atoms with Crippen LogP contribution in [0.4, 0.5) is 5.82 Å². The molecule has 0 aliphatic heterocycles. The van der Waals surface area contributed by atoms with Gasteiger partial charge in [0.25, 0.3) is 5.91 Å². The van der Waals surface area contributed by atoms with Crippen LogP contribution in [-0.4, -0.2) is 32.0 Å². The first-order valence-electron chi connectivity index (χ1n) is 6.32. The number of carbonyl (C=O) groups is 1. The number of hydrogen-bond acceptors (Lipinski definition) is 6. The quantitative estimate of drug-likeness (QED) is 0.377. The molecule has 20 heavy (non-hydrogen) atoms. The molecular weight excluding hydrogens is 258 g/mol. The van der Waals surface area contributed by atoms with Gasteiger partial charge in [-0.3, -0.25) is 9.78 Å². The fraction of sp³-hybridized carbons (Fsp3) is 0.333. The van der Waals surface area contributed by atoms with Crippen molar-refractivity contribution < 1.29 is 4.79 Å². The van der Waals surface area contributed by atoms with Crippen LogP contribution in [0.2, 0.25) is 0 Å². The van der Waals surface area contributed by atoms with Gasteiger partial charge in [0.1, 0.15) is 5.69 Å². The molecule has 8 heteroatoms. The van der Waals surface area contributed by atoms with Gasteiger partial charge >= 0.3 is 0 Å². The van der Waals surface area contributed by atoms with Crippen molar-refractivity contribution in [2.75, 3.05) is 12.0 Å². The summed E-state index contributed by atoms with van der Waals surface area (Å²) in [6, 6.07) is 0. The van der Waals surface area contributed by atoms with E-state index in [0.29, 0.717) is 12.4 Å². The molecule has 1 amide bonds. The highest BCUT2D eigenvalue weighted by Crippen LogP contribution is 2.00. The minimum Gasteiger partial charge on any atom is -0.351 e. The third-order valence-electron chi connectivity index (χ3n) is 2.70. The van der Waals surface area contributed by atoms with Gasteiger partial charge in [-0.15, -0.1) is 0 Å². The number of nitrogens with two attached hydrogens (primary N) is 1. The van der Waals surface area contributed by atoms with Gasteiger partial charge in [-0.1, -0.05) is 0 Å². The summed E-state index contributed by atoms with van der Waals surface area (Å²) in [5, 5.41) is 2.80. The van der Waals surface area contributed by atoms with Crippen molar-refractivity contribution in [2.45, 2.75) is 19.4 Å². The van der Waals surface area contributed by atoms with Crippen molar-refractivity contribution in [1.29, 1.82) is 0 Å². The molecule has 4 N–H and O–H groups in total. The monoisotopic (exact) mass is 275 g/mol. The Bertz CT molecular complexity index is 540. The second kappa shape index (κ2) is 7.19. The lowest BCUT2D eigenvalue weighted by Crippen LogP contribution is -2.26. The number of hydrazine groups is 1. The zero-order valence-electron chi connectivity index (χ0n) is 11.0. The molecule has 8 nitrogen and oxygen atoms in total. The van der Waals surface area contributed by atoms with Crippen molar-refractivity contribution in [3.05, 3.63) is 36.8 Å². The Morgan fingerprint density at radius 2 is 2.20 bits per heavy atom. The average molecular weight is 275 g/mol. The molecule has 0 saturated carbocycles. The van der Waals surface area contributed by atoms with Crippen LogP contribution in [0.3, 0.4) is 0 Å². The molecule has 0 atom stereocenters. The van der Waals surface area contributed by atoms with E-state index in [4.69, 9.17) is 5.84 Å². The van der Waals surface area contributed by atoms with Crippen molar-refractivity contribution in [2.24, 2.45) is 5.84 Å². The molecule has 0 aromatic carbocycles. The number of nitrogen functional groups attached to an aromatic ring is 1. The number of rotatable bonds is 7. The molecule has 106 valence electrons. The predicted octanol–water partition coefficient (Wildman–Crippen LogP) is 0.169. The Balaban J connectivity index is 1.69. The molecule has 0 bridgehead atoms. The zero-order valence-corrected chi connectivity index (χ0v) is 11.0. The minimum absolute atomic E-state index is 0.245. The van der Waals surface area contributed by atoms with Gasteiger partial charge in [0.05, 0.1) is 18.7 Å². The smallest absolute Gasteiger partial charge is 0.271 e. The molecular formula is C12H17N7O. The Morgan fingerprint density at radius 3 is 2.95 bits per heavy atom. The van der Waals surface area contributed by atoms with Gasteiger partial charge in [0.15, 0.2) is 5.82 Å². The highest BCUT2D eigenvalue weighted by molar-refractivity contribution is 5.92. The molecule has 0 radical (unpaired) electrons. The van der Waals surface area contributed by atoms with Crippen molar-refractivity contribution >= 4 is 11.7 Å². The van der Waals surface area contributed by atoms with Crippen LogP contribution in [0.5, 0.6) is 0 Å². The number of anilines is 1. The third-order valence-corrected chi connectivity index (χ3v) is 2.70. The van der Waals surface area contributed by atoms with Gasteiger partial charge in [0, 0.05) is 25.5 Å². The molecule has 2 aromatic rings. The Kier molecular flexibility index (Phi) is 5.01. The summed E-state index contributed by atoms with van der Waals surface area (Å²) in [5.41, 5.74) is 2.60. The number of nitrogens with zero attached hydrogens (tertiary/aromatic N) is 4. The van der Waals surface area contributed by atoms with Gasteiger partial charge in [0.2, 0.25) is 0 Å². The average Bonchev–Trinajstić information content (AvgIpc) is 3.00. The van der Waals surface area contributed by atoms with Crippen LogP contribution in [0, 0.1) is 0 Å². The highest BCUT2D eigenvalue weighted by Gasteiger charge is 2.07. The number of nitrogens with one attached hydrogen (secondary N) is 2. The fourth-order valence-corrected chi connectivity index (χ4v) is 1.68. The first kappa shape index (κ1) is 13.9. The molecule has 0 aliphatic carbocycles. The first-order chi connectivity index (χ1) is 9.79. The van der Waals surface area contributed by atoms with E-state index in [1.165, 1.54) is 12.4 Å². The van der Waals surface area contributed by atoms with Crippen LogP contribution in [-0.2, 0) is 6.54 Å². The Hall–Kier alpha value is -2.48. The van der Waals surface area contributed by atoms with E-state index >= 15 is 0 Å². The van der Waals surface area contributed by atoms with Gasteiger partial charge < -0.3 is 15.3 Å². The van der Waals surface area contributed by atoms with Gasteiger partial charge in [-0.05, 0) is 12.8 Å². The van der Waals surface area contributed by atoms with Crippen molar-refractivity contribution in [1.82, 2.24) is 24.8 Å². The largest absolute Gasteiger partial charge is 0.351 e. The number of carbonyl (C=O) groups excluding carboxylic acids is 1. The van der Waals surface area contributed by atoms with Crippen molar-refractivity contribution in [3.63, 3.8) is 0 Å². The van der Waals surface area contributed by atoms with Crippen LogP contribution < -0.4 is 16.6 Å². The summed E-state index contributed by atoms with van der Waals surface area (Å²) in [4.78, 5) is 23.7. The van der Waals surface area contributed by atoms with Gasteiger partial charge in [-0.2, -0.15) is 0 Å². The number of amides is 1. The summed E-state index contributed by atoms with van der Waals surface area (Å²) in [6.07, 6.45) is 10.1. The molecule has 0 aliphatic rings. The predicted molar refractivity (Wildman–Crippen MR) is 73.6 cm³/mol. The number of aryl methyl sites for hydroxylation is 1. The number of imidazole rings is 1. The summed E-state index contributed by atoms with van der Waals surface area (Å²) in [6.45, 7) is 1.48. The standard InChI is InChI=1S/C12H17N7O/c13-18-11-8-15-7-10(17-11)12(20)16-3-1-2-5-19-6-4-14-9-19/h4,6-9H,1-3,5,13H2,(H,16,20)(H,17,18). The lowest BCUT2D eigenvalue weighted by Gasteiger charge is -2.06. The van der Waals surface area contributed by atoms with E-state index in [0.717, 1.165) is 19.4 Å². The van der Waals surface area contributed by atoms with E-state index in [2.05, 4.69) is 25.7 Å². The van der Waals surface area contributed by atoms with Crippen LogP contribution in [0.1, 0.15) is 23.3 Å². The van der Waals surface area contributed by atoms with E-state index in [1.54, 1.807) is 12.5 Å². The second-order valence-corrected chi connectivity index (χ2v) is 4.20. The number of unbranched alkanes of at least 4 members (excludes halogenated alkanes) is 1. The molecule has 0 saturated heterocycles. The Morgan fingerprint density at radius 1 is 1.30 bits per heavy atom. The molecule has 2 rings (SSSR count). The van der Waals surface area contributed by atoms with Crippen molar-refractivity contribution in [3.8, 4) is 0 Å². The van der Waals surface area contributed by atoms with Gasteiger partial charge in [-0.25, -0.2) is 15.8 Å². The van der Waals surface area contributed by atoms with Crippen LogP contribution >= 0.6 is 0 Å². The summed E-state index contributed by atoms with van der Waals surface area (Å²) < 4.78 is 2.00. The van der Waals surface area contributed by atoms with E-state index in [1.807, 2.05) is 10.8 Å². The Labute approximate surface area is 116 Å². The lowest BCUT2D eigenvalue weighted by molar-refractivity contribution is 0.0947. The number of hydrogen-bond donors (Lipinski definition) is 3. The first-order valence-corrected chi connectivity index (χ1v) is 6.32. The molecule has 2 heterocycles. The van der Waals surface area contributed by atoms with E-state index in [-0.39, 0.29) is 11.6 Å². The molecule has 0 unspecified atom stereocenters. The molecule has 2 aromatic heterocycles. The second-order valence-electron chi connectivity index (χ2n) is 4.20. The fourth-order valence-electron chi connectivity index (χ4n) is 1.68. The normalized spacial score (nSPS) is 10.2. The van der Waals surface area contributed by atoms with E-state index < -0.39 is 0 Å². The maximum absolute atomic E-state index is 11.8. The summed E-state index contributed by atoms with van der Waals surface area (Å²) in [5.74, 6) is 5.32. The number of aromatic nitrogens is 4. The zero-order chi connectivity index (χ0) is 14.2. The van der Waals surface area contributed by atoms with E-state index in [9.17, 15) is 4.79 Å². The summed E-state index contributed by atoms with van der Waals surface area (Å²) >= 11 is 0. The SMILES string of the molecule is NNc1cncc(C(=O)NCCCCn2ccnc2)n1. The van der Waals surface area contributed by atoms with Crippen LogP contribution in [0.25, 0.3) is 0 Å². The lowest BCUT2D eigenvalue weighted by atomic mass is 10.3.